The molecule has 1 spiro atoms. The first-order valence-electron chi connectivity index (χ1n) is 13.4. The van der Waals surface area contributed by atoms with Crippen LogP contribution in [0, 0.1) is 18.8 Å². The quantitative estimate of drug-likeness (QED) is 0.236. The van der Waals surface area contributed by atoms with Gasteiger partial charge in [-0.25, -0.2) is 0 Å². The zero-order chi connectivity index (χ0) is 28.8. The van der Waals surface area contributed by atoms with Gasteiger partial charge in [-0.15, -0.1) is 18.3 Å². The fourth-order valence-electron chi connectivity index (χ4n) is 6.75. The maximum Gasteiger partial charge on any atom is 0.310 e. The first kappa shape index (κ1) is 29.2. The minimum absolute atomic E-state index is 0.0922. The number of fused-ring (bicyclic) bond motifs is 1. The van der Waals surface area contributed by atoms with Gasteiger partial charge < -0.3 is 19.6 Å². The van der Waals surface area contributed by atoms with Gasteiger partial charge in [-0.1, -0.05) is 76.1 Å². The SMILES string of the molecule is C=CCN(C(=O)C1N([C@H](CO)c2ccccc2)C(=O)[C@@H]2[C@H](C(=O)OCC)[C@H]3SC12CC3Br)c1c(C)cccc1Cl. The molecule has 3 saturated heterocycles. The first-order chi connectivity index (χ1) is 19.2. The van der Waals surface area contributed by atoms with Crippen LogP contribution in [0.3, 0.4) is 0 Å². The highest BCUT2D eigenvalue weighted by atomic mass is 79.9. The van der Waals surface area contributed by atoms with E-state index in [4.69, 9.17) is 16.3 Å². The number of anilines is 1. The number of halogens is 2. The number of aliphatic hydroxyl groups is 1. The number of para-hydroxylation sites is 1. The molecule has 3 heterocycles. The summed E-state index contributed by atoms with van der Waals surface area (Å²) in [5.74, 6) is -2.54. The van der Waals surface area contributed by atoms with E-state index >= 15 is 0 Å². The van der Waals surface area contributed by atoms with Gasteiger partial charge >= 0.3 is 5.97 Å². The van der Waals surface area contributed by atoms with Crippen molar-refractivity contribution in [3.8, 4) is 0 Å². The van der Waals surface area contributed by atoms with Crippen molar-refractivity contribution in [3.63, 3.8) is 0 Å². The number of nitrogens with zero attached hydrogens (tertiary/aromatic N) is 2. The summed E-state index contributed by atoms with van der Waals surface area (Å²) < 4.78 is 4.55. The maximum absolute atomic E-state index is 14.9. The summed E-state index contributed by atoms with van der Waals surface area (Å²) in [4.78, 5) is 45.7. The lowest BCUT2D eigenvalue weighted by Gasteiger charge is -2.40. The van der Waals surface area contributed by atoms with Gasteiger partial charge in [0.25, 0.3) is 5.91 Å². The van der Waals surface area contributed by atoms with E-state index in [9.17, 15) is 19.5 Å². The number of ether oxygens (including phenoxy) is 1. The van der Waals surface area contributed by atoms with E-state index in [1.807, 2.05) is 49.4 Å². The molecular formula is C30H32BrClN2O5S. The average Bonchev–Trinajstić information content (AvgIpc) is 3.52. The lowest BCUT2D eigenvalue weighted by molar-refractivity contribution is -0.154. The van der Waals surface area contributed by atoms with Crippen molar-refractivity contribution in [3.05, 3.63) is 77.3 Å². The molecule has 2 amide bonds. The lowest BCUT2D eigenvalue weighted by atomic mass is 9.71. The number of carbonyl (C=O) groups excluding carboxylic acids is 3. The summed E-state index contributed by atoms with van der Waals surface area (Å²) in [6.07, 6.45) is 2.14. The Balaban J connectivity index is 1.69. The Morgan fingerprint density at radius 3 is 2.65 bits per heavy atom. The minimum Gasteiger partial charge on any atom is -0.466 e. The second-order valence-corrected chi connectivity index (χ2v) is 13.5. The molecule has 3 unspecified atom stereocenters. The van der Waals surface area contributed by atoms with Gasteiger partial charge in [0, 0.05) is 16.6 Å². The number of hydrogen-bond acceptors (Lipinski definition) is 6. The highest BCUT2D eigenvalue weighted by molar-refractivity contribution is 9.09. The normalized spacial score (nSPS) is 29.3. The Hall–Kier alpha value is -2.33. The van der Waals surface area contributed by atoms with Crippen LogP contribution in [-0.2, 0) is 19.1 Å². The molecule has 212 valence electrons. The molecule has 3 fully saturated rings. The number of benzene rings is 2. The first-order valence-corrected chi connectivity index (χ1v) is 15.5. The third-order valence-electron chi connectivity index (χ3n) is 8.25. The Morgan fingerprint density at radius 2 is 2.02 bits per heavy atom. The Bertz CT molecular complexity index is 1310. The second kappa shape index (κ2) is 11.5. The molecule has 0 radical (unpaired) electrons. The van der Waals surface area contributed by atoms with Crippen LogP contribution >= 0.6 is 39.3 Å². The standard InChI is InChI=1S/C30H32BrClN2O5S/c1-4-14-33(24-17(3)10-9-13-20(24)32)28(37)26-30-15-19(31)25(40-30)22(29(38)39-5-2)23(30)27(36)34(26)21(16-35)18-11-7-6-8-12-18/h4,6-13,19,21-23,25-26,35H,1,5,14-16H2,2-3H3/t19?,21-,22+,23+,25+,26?,30?/m1/s1. The number of likely N-dealkylation sites (tertiary alicyclic amines) is 1. The van der Waals surface area contributed by atoms with E-state index < -0.39 is 34.6 Å². The third kappa shape index (κ3) is 4.49. The zero-order valence-corrected chi connectivity index (χ0v) is 25.5. The van der Waals surface area contributed by atoms with E-state index in [1.165, 1.54) is 16.7 Å². The fraction of sp³-hybridized carbons (Fsp3) is 0.433. The van der Waals surface area contributed by atoms with Crippen LogP contribution in [0.15, 0.2) is 61.2 Å². The van der Waals surface area contributed by atoms with Crippen molar-refractivity contribution < 1.29 is 24.2 Å². The number of alkyl halides is 1. The maximum atomic E-state index is 14.9. The van der Waals surface area contributed by atoms with E-state index in [0.29, 0.717) is 22.7 Å². The highest BCUT2D eigenvalue weighted by Crippen LogP contribution is 2.68. The Labute approximate surface area is 252 Å². The third-order valence-corrected chi connectivity index (χ3v) is 11.8. The second-order valence-electron chi connectivity index (χ2n) is 10.4. The number of amides is 2. The van der Waals surface area contributed by atoms with Crippen LogP contribution in [0.25, 0.3) is 0 Å². The zero-order valence-electron chi connectivity index (χ0n) is 22.3. The predicted molar refractivity (Wildman–Crippen MR) is 161 cm³/mol. The predicted octanol–water partition coefficient (Wildman–Crippen LogP) is 4.93. The highest BCUT2D eigenvalue weighted by Gasteiger charge is 2.76. The van der Waals surface area contributed by atoms with Gasteiger partial charge in [0.15, 0.2) is 0 Å². The van der Waals surface area contributed by atoms with Crippen molar-refractivity contribution in [2.24, 2.45) is 11.8 Å². The number of aliphatic hydroxyl groups excluding tert-OH is 1. The van der Waals surface area contributed by atoms with E-state index in [1.54, 1.807) is 24.0 Å². The van der Waals surface area contributed by atoms with Gasteiger partial charge in [-0.3, -0.25) is 14.4 Å². The lowest BCUT2D eigenvalue weighted by Crippen LogP contribution is -2.56. The van der Waals surface area contributed by atoms with Gasteiger partial charge in [0.2, 0.25) is 5.91 Å². The minimum atomic E-state index is -0.965. The number of aryl methyl sites for hydroxylation is 1. The summed E-state index contributed by atoms with van der Waals surface area (Å²) in [6, 6.07) is 12.9. The van der Waals surface area contributed by atoms with Gasteiger partial charge in [0.1, 0.15) is 6.04 Å². The van der Waals surface area contributed by atoms with Crippen molar-refractivity contribution in [1.29, 1.82) is 0 Å². The summed E-state index contributed by atoms with van der Waals surface area (Å²) >= 11 is 11.9. The smallest absolute Gasteiger partial charge is 0.310 e. The van der Waals surface area contributed by atoms with Crippen molar-refractivity contribution in [2.45, 2.75) is 47.2 Å². The largest absolute Gasteiger partial charge is 0.466 e. The van der Waals surface area contributed by atoms with Gasteiger partial charge in [-0.05, 0) is 37.5 Å². The molecule has 10 heteroatoms. The monoisotopic (exact) mass is 646 g/mol. The fourth-order valence-corrected chi connectivity index (χ4v) is 10.7. The molecular weight excluding hydrogens is 616 g/mol. The van der Waals surface area contributed by atoms with Crippen molar-refractivity contribution >= 4 is 62.8 Å². The Morgan fingerprint density at radius 1 is 1.30 bits per heavy atom. The summed E-state index contributed by atoms with van der Waals surface area (Å²) in [6.45, 7) is 7.48. The number of carbonyl (C=O) groups is 3. The number of esters is 1. The molecule has 2 aromatic carbocycles. The van der Waals surface area contributed by atoms with Gasteiger partial charge in [-0.2, -0.15) is 0 Å². The van der Waals surface area contributed by atoms with Crippen molar-refractivity contribution in [1.82, 2.24) is 4.90 Å². The van der Waals surface area contributed by atoms with Crippen LogP contribution < -0.4 is 4.90 Å². The molecule has 7 nitrogen and oxygen atoms in total. The molecule has 7 atom stereocenters. The van der Waals surface area contributed by atoms with Crippen LogP contribution in [0.1, 0.15) is 30.5 Å². The van der Waals surface area contributed by atoms with Crippen LogP contribution in [0.5, 0.6) is 0 Å². The summed E-state index contributed by atoms with van der Waals surface area (Å²) in [7, 11) is 0. The number of hydrogen-bond donors (Lipinski definition) is 1. The van der Waals surface area contributed by atoms with E-state index in [0.717, 1.165) is 5.56 Å². The van der Waals surface area contributed by atoms with Gasteiger partial charge in [0.05, 0.1) is 46.5 Å². The molecule has 2 bridgehead atoms. The van der Waals surface area contributed by atoms with Crippen molar-refractivity contribution in [2.75, 3.05) is 24.7 Å². The van der Waals surface area contributed by atoms with Crippen LogP contribution in [0.2, 0.25) is 5.02 Å². The molecule has 1 N–H and O–H groups in total. The van der Waals surface area contributed by atoms with Crippen LogP contribution in [0.4, 0.5) is 5.69 Å². The van der Waals surface area contributed by atoms with E-state index in [-0.39, 0.29) is 41.6 Å². The summed E-state index contributed by atoms with van der Waals surface area (Å²) in [5, 5.41) is 10.9. The molecule has 2 aromatic rings. The molecule has 5 rings (SSSR count). The Kier molecular flexibility index (Phi) is 8.39. The average molecular weight is 648 g/mol. The molecule has 40 heavy (non-hydrogen) atoms. The summed E-state index contributed by atoms with van der Waals surface area (Å²) in [5.41, 5.74) is 2.07. The molecule has 3 aliphatic heterocycles. The molecule has 3 aliphatic rings. The van der Waals surface area contributed by atoms with Crippen LogP contribution in [-0.4, -0.2) is 68.4 Å². The number of thioether (sulfide) groups is 1. The molecule has 0 saturated carbocycles. The van der Waals surface area contributed by atoms with E-state index in [2.05, 4.69) is 22.5 Å². The molecule has 0 aromatic heterocycles. The number of rotatable bonds is 9. The molecule has 0 aliphatic carbocycles. The topological polar surface area (TPSA) is 87.2 Å².